The fourth-order valence-corrected chi connectivity index (χ4v) is 2.78. The van der Waals surface area contributed by atoms with Gasteiger partial charge in [0.25, 0.3) is 0 Å². The molecule has 1 aromatic rings. The smallest absolute Gasteiger partial charge is 0.115 e. The maximum Gasteiger partial charge on any atom is 0.115 e. The Balaban J connectivity index is 2.40. The number of aromatic hydroxyl groups is 1. The van der Waals surface area contributed by atoms with Crippen LogP contribution in [-0.2, 0) is 6.42 Å². The van der Waals surface area contributed by atoms with E-state index in [9.17, 15) is 5.11 Å². The number of unbranched alkanes of at least 4 members (excludes halogenated alkanes) is 4. The Hall–Kier alpha value is -1.02. The molecule has 0 saturated heterocycles. The summed E-state index contributed by atoms with van der Waals surface area (Å²) in [6, 6.07) is 7.69. The number of hydrogen-bond acceptors (Lipinski definition) is 2. The maximum atomic E-state index is 9.35. The quantitative estimate of drug-likeness (QED) is 0.638. The number of phenols is 1. The van der Waals surface area contributed by atoms with Crippen LogP contribution in [0.25, 0.3) is 0 Å². The van der Waals surface area contributed by atoms with Crippen molar-refractivity contribution in [3.63, 3.8) is 0 Å². The van der Waals surface area contributed by atoms with E-state index in [4.69, 9.17) is 0 Å². The van der Waals surface area contributed by atoms with Crippen molar-refractivity contribution in [3.8, 4) is 5.75 Å². The Bertz CT molecular complexity index is 345. The van der Waals surface area contributed by atoms with Gasteiger partial charge in [0.2, 0.25) is 0 Å². The molecule has 0 amide bonds. The molecule has 0 bridgehead atoms. The number of hydrogen-bond donors (Lipinski definition) is 1. The third-order valence-corrected chi connectivity index (χ3v) is 3.80. The van der Waals surface area contributed by atoms with E-state index in [0.717, 1.165) is 18.9 Å². The Morgan fingerprint density at radius 1 is 1.00 bits per heavy atom. The monoisotopic (exact) mass is 277 g/mol. The van der Waals surface area contributed by atoms with Gasteiger partial charge in [0.05, 0.1) is 0 Å². The lowest BCUT2D eigenvalue weighted by Gasteiger charge is -2.21. The first-order valence-corrected chi connectivity index (χ1v) is 8.04. The molecule has 0 saturated carbocycles. The van der Waals surface area contributed by atoms with Gasteiger partial charge in [0.1, 0.15) is 5.75 Å². The Morgan fingerprint density at radius 2 is 1.65 bits per heavy atom. The highest BCUT2D eigenvalue weighted by atomic mass is 16.3. The molecule has 2 nitrogen and oxygen atoms in total. The zero-order valence-electron chi connectivity index (χ0n) is 13.4. The lowest BCUT2D eigenvalue weighted by Crippen LogP contribution is -2.23. The molecular weight excluding hydrogens is 246 g/mol. The van der Waals surface area contributed by atoms with E-state index in [-0.39, 0.29) is 0 Å². The van der Waals surface area contributed by atoms with Crippen molar-refractivity contribution in [1.82, 2.24) is 4.90 Å². The molecule has 0 aliphatic rings. The van der Waals surface area contributed by atoms with Crippen LogP contribution in [0.15, 0.2) is 24.3 Å². The molecule has 0 aromatic heterocycles. The van der Waals surface area contributed by atoms with Gasteiger partial charge < -0.3 is 10.0 Å². The van der Waals surface area contributed by atoms with Gasteiger partial charge in [0, 0.05) is 6.54 Å². The normalized spacial score (nSPS) is 12.8. The third kappa shape index (κ3) is 7.54. The van der Waals surface area contributed by atoms with Crippen molar-refractivity contribution >= 4 is 0 Å². The fourth-order valence-electron chi connectivity index (χ4n) is 2.78. The van der Waals surface area contributed by atoms with Gasteiger partial charge >= 0.3 is 0 Å². The van der Waals surface area contributed by atoms with Crippen molar-refractivity contribution in [1.29, 1.82) is 0 Å². The van der Waals surface area contributed by atoms with Crippen molar-refractivity contribution in [2.45, 2.75) is 51.9 Å². The maximum absolute atomic E-state index is 9.35. The predicted molar refractivity (Wildman–Crippen MR) is 87.2 cm³/mol. The first-order valence-electron chi connectivity index (χ1n) is 8.04. The van der Waals surface area contributed by atoms with Crippen LogP contribution >= 0.6 is 0 Å². The lowest BCUT2D eigenvalue weighted by molar-refractivity contribution is 0.303. The van der Waals surface area contributed by atoms with Gasteiger partial charge in [-0.15, -0.1) is 0 Å². The second-order valence-electron chi connectivity index (χ2n) is 6.20. The highest BCUT2D eigenvalue weighted by Crippen LogP contribution is 2.19. The van der Waals surface area contributed by atoms with Crippen LogP contribution in [0.4, 0.5) is 0 Å². The van der Waals surface area contributed by atoms with E-state index in [0.29, 0.717) is 5.75 Å². The minimum absolute atomic E-state index is 0.359. The highest BCUT2D eigenvalue weighted by Gasteiger charge is 2.11. The van der Waals surface area contributed by atoms with Crippen LogP contribution < -0.4 is 0 Å². The summed E-state index contributed by atoms with van der Waals surface area (Å²) in [5, 5.41) is 9.35. The molecule has 1 atom stereocenters. The third-order valence-electron chi connectivity index (χ3n) is 3.80. The summed E-state index contributed by atoms with van der Waals surface area (Å²) in [5.74, 6) is 1.08. The Kier molecular flexibility index (Phi) is 8.36. The van der Waals surface area contributed by atoms with Gasteiger partial charge in [-0.25, -0.2) is 0 Å². The number of rotatable bonds is 10. The molecule has 1 aromatic carbocycles. The molecule has 1 rings (SSSR count). The van der Waals surface area contributed by atoms with Gasteiger partial charge in [0.15, 0.2) is 0 Å². The van der Waals surface area contributed by atoms with Crippen molar-refractivity contribution in [2.24, 2.45) is 5.92 Å². The topological polar surface area (TPSA) is 23.5 Å². The van der Waals surface area contributed by atoms with Crippen LogP contribution in [0.2, 0.25) is 0 Å². The zero-order valence-corrected chi connectivity index (χ0v) is 13.4. The SMILES string of the molecule is CCCCCCCC(Cc1ccc(O)cc1)CN(C)C. The van der Waals surface area contributed by atoms with Crippen LogP contribution in [0, 0.1) is 5.92 Å². The highest BCUT2D eigenvalue weighted by molar-refractivity contribution is 5.26. The Labute approximate surface area is 124 Å². The second-order valence-corrected chi connectivity index (χ2v) is 6.20. The van der Waals surface area contributed by atoms with E-state index in [1.165, 1.54) is 44.1 Å². The molecule has 1 N–H and O–H groups in total. The molecule has 0 aliphatic heterocycles. The molecule has 0 radical (unpaired) electrons. The molecule has 114 valence electrons. The summed E-state index contributed by atoms with van der Waals surface area (Å²) in [6.07, 6.45) is 9.20. The van der Waals surface area contributed by atoms with Crippen molar-refractivity contribution < 1.29 is 5.11 Å². The number of nitrogens with zero attached hydrogens (tertiary/aromatic N) is 1. The molecular formula is C18H31NO. The van der Waals surface area contributed by atoms with Gasteiger partial charge in [-0.1, -0.05) is 51.2 Å². The van der Waals surface area contributed by atoms with Gasteiger partial charge in [-0.3, -0.25) is 0 Å². The summed E-state index contributed by atoms with van der Waals surface area (Å²) in [6.45, 7) is 3.41. The number of benzene rings is 1. The van der Waals surface area contributed by atoms with E-state index in [2.05, 4.69) is 38.1 Å². The van der Waals surface area contributed by atoms with E-state index < -0.39 is 0 Å². The lowest BCUT2D eigenvalue weighted by atomic mass is 9.93. The van der Waals surface area contributed by atoms with Crippen molar-refractivity contribution in [2.75, 3.05) is 20.6 Å². The minimum atomic E-state index is 0.359. The second kappa shape index (κ2) is 9.82. The van der Waals surface area contributed by atoms with Crippen LogP contribution in [-0.4, -0.2) is 30.6 Å². The van der Waals surface area contributed by atoms with Gasteiger partial charge in [-0.05, 0) is 50.6 Å². The average Bonchev–Trinajstić information content (AvgIpc) is 2.40. The van der Waals surface area contributed by atoms with E-state index in [1.807, 2.05) is 0 Å². The van der Waals surface area contributed by atoms with Crippen LogP contribution in [0.5, 0.6) is 5.75 Å². The van der Waals surface area contributed by atoms with Gasteiger partial charge in [-0.2, -0.15) is 0 Å². The summed E-state index contributed by atoms with van der Waals surface area (Å²) < 4.78 is 0. The average molecular weight is 277 g/mol. The Morgan fingerprint density at radius 3 is 2.25 bits per heavy atom. The van der Waals surface area contributed by atoms with Crippen molar-refractivity contribution in [3.05, 3.63) is 29.8 Å². The fraction of sp³-hybridized carbons (Fsp3) is 0.667. The standard InChI is InChI=1S/C18H31NO/c1-4-5-6-7-8-9-17(15-19(2)3)14-16-10-12-18(20)13-11-16/h10-13,17,20H,4-9,14-15H2,1-3H3. The van der Waals surface area contributed by atoms with E-state index in [1.54, 1.807) is 12.1 Å². The van der Waals surface area contributed by atoms with E-state index >= 15 is 0 Å². The minimum Gasteiger partial charge on any atom is -0.508 e. The first kappa shape index (κ1) is 17.0. The summed E-state index contributed by atoms with van der Waals surface area (Å²) in [5.41, 5.74) is 1.34. The summed E-state index contributed by atoms with van der Waals surface area (Å²) in [7, 11) is 4.31. The summed E-state index contributed by atoms with van der Waals surface area (Å²) >= 11 is 0. The molecule has 20 heavy (non-hydrogen) atoms. The largest absolute Gasteiger partial charge is 0.508 e. The zero-order chi connectivity index (χ0) is 14.8. The van der Waals surface area contributed by atoms with Crippen LogP contribution in [0.3, 0.4) is 0 Å². The molecule has 2 heteroatoms. The molecule has 0 aliphatic carbocycles. The predicted octanol–water partition coefficient (Wildman–Crippen LogP) is 4.47. The molecule has 0 heterocycles. The summed E-state index contributed by atoms with van der Waals surface area (Å²) in [4.78, 5) is 2.29. The molecule has 1 unspecified atom stereocenters. The molecule has 0 fully saturated rings. The molecule has 0 spiro atoms. The van der Waals surface area contributed by atoms with Crippen LogP contribution in [0.1, 0.15) is 51.0 Å². The number of phenolic OH excluding ortho intramolecular Hbond substituents is 1. The first-order chi connectivity index (χ1) is 9.61.